The Kier molecular flexibility index (Phi) is 5.08. The largest absolute Gasteiger partial charge is 0.497 e. The van der Waals surface area contributed by atoms with Crippen LogP contribution in [-0.2, 0) is 11.3 Å². The highest BCUT2D eigenvalue weighted by Crippen LogP contribution is 2.23. The topological polar surface area (TPSA) is 53.7 Å². The highest BCUT2D eigenvalue weighted by molar-refractivity contribution is 5.38. The lowest BCUT2D eigenvalue weighted by Gasteiger charge is -2.15. The standard InChI is InChI=1S/C12H19NO3/c1-9(8-14-2)16-12-5-10(7-13)4-11(6-12)15-3/h4-6,9H,7-8,13H2,1-3H3. The van der Waals surface area contributed by atoms with Crippen LogP contribution in [0.15, 0.2) is 18.2 Å². The SMILES string of the molecule is COCC(C)Oc1cc(CN)cc(OC)c1. The molecular weight excluding hydrogens is 206 g/mol. The smallest absolute Gasteiger partial charge is 0.123 e. The van der Waals surface area contributed by atoms with Crippen molar-refractivity contribution in [2.24, 2.45) is 5.73 Å². The number of nitrogens with two attached hydrogens (primary N) is 1. The first-order chi connectivity index (χ1) is 7.69. The average Bonchev–Trinajstić information content (AvgIpc) is 2.28. The number of methoxy groups -OCH3 is 2. The van der Waals surface area contributed by atoms with E-state index >= 15 is 0 Å². The molecule has 0 aliphatic rings. The number of ether oxygens (including phenoxy) is 3. The molecular formula is C12H19NO3. The summed E-state index contributed by atoms with van der Waals surface area (Å²) in [5.74, 6) is 1.51. The molecule has 1 unspecified atom stereocenters. The van der Waals surface area contributed by atoms with Gasteiger partial charge in [0, 0.05) is 19.7 Å². The van der Waals surface area contributed by atoms with Crippen molar-refractivity contribution in [2.75, 3.05) is 20.8 Å². The average molecular weight is 225 g/mol. The summed E-state index contributed by atoms with van der Waals surface area (Å²) in [6.45, 7) is 2.96. The van der Waals surface area contributed by atoms with E-state index in [1.807, 2.05) is 25.1 Å². The van der Waals surface area contributed by atoms with Crippen molar-refractivity contribution in [1.29, 1.82) is 0 Å². The molecule has 1 aromatic rings. The van der Waals surface area contributed by atoms with E-state index in [-0.39, 0.29) is 6.10 Å². The number of rotatable bonds is 6. The molecule has 90 valence electrons. The van der Waals surface area contributed by atoms with Gasteiger partial charge in [-0.3, -0.25) is 0 Å². The molecule has 1 atom stereocenters. The maximum Gasteiger partial charge on any atom is 0.123 e. The maximum atomic E-state index is 5.68. The van der Waals surface area contributed by atoms with Gasteiger partial charge in [0.1, 0.15) is 17.6 Å². The molecule has 0 spiro atoms. The van der Waals surface area contributed by atoms with Gasteiger partial charge >= 0.3 is 0 Å². The van der Waals surface area contributed by atoms with Crippen LogP contribution in [0.2, 0.25) is 0 Å². The summed E-state index contributed by atoms with van der Waals surface area (Å²) in [7, 11) is 3.27. The van der Waals surface area contributed by atoms with E-state index < -0.39 is 0 Å². The Morgan fingerprint density at radius 3 is 2.44 bits per heavy atom. The van der Waals surface area contributed by atoms with E-state index in [4.69, 9.17) is 19.9 Å². The minimum Gasteiger partial charge on any atom is -0.497 e. The van der Waals surface area contributed by atoms with Crippen molar-refractivity contribution in [1.82, 2.24) is 0 Å². The van der Waals surface area contributed by atoms with E-state index in [1.54, 1.807) is 14.2 Å². The summed E-state index contributed by atoms with van der Waals surface area (Å²) < 4.78 is 15.9. The minimum atomic E-state index is 0.00253. The zero-order valence-electron chi connectivity index (χ0n) is 10.0. The van der Waals surface area contributed by atoms with Crippen molar-refractivity contribution in [3.63, 3.8) is 0 Å². The molecule has 1 aromatic carbocycles. The van der Waals surface area contributed by atoms with Crippen molar-refractivity contribution in [3.05, 3.63) is 23.8 Å². The molecule has 16 heavy (non-hydrogen) atoms. The quantitative estimate of drug-likeness (QED) is 0.798. The molecule has 0 aromatic heterocycles. The van der Waals surface area contributed by atoms with Crippen LogP contribution >= 0.6 is 0 Å². The fourth-order valence-corrected chi connectivity index (χ4v) is 1.44. The predicted molar refractivity (Wildman–Crippen MR) is 62.9 cm³/mol. The first kappa shape index (κ1) is 12.8. The van der Waals surface area contributed by atoms with E-state index in [1.165, 1.54) is 0 Å². The molecule has 4 heteroatoms. The molecule has 0 amide bonds. The van der Waals surface area contributed by atoms with Gasteiger partial charge in [-0.15, -0.1) is 0 Å². The third-order valence-electron chi connectivity index (χ3n) is 2.15. The Bertz CT molecular complexity index is 306. The van der Waals surface area contributed by atoms with E-state index in [0.29, 0.717) is 13.2 Å². The first-order valence-corrected chi connectivity index (χ1v) is 5.23. The van der Waals surface area contributed by atoms with Crippen LogP contribution in [-0.4, -0.2) is 26.9 Å². The van der Waals surface area contributed by atoms with Gasteiger partial charge in [-0.1, -0.05) is 0 Å². The summed E-state index contributed by atoms with van der Waals surface area (Å²) >= 11 is 0. The van der Waals surface area contributed by atoms with Crippen LogP contribution < -0.4 is 15.2 Å². The van der Waals surface area contributed by atoms with Crippen LogP contribution in [0.25, 0.3) is 0 Å². The van der Waals surface area contributed by atoms with Gasteiger partial charge in [0.25, 0.3) is 0 Å². The monoisotopic (exact) mass is 225 g/mol. The molecule has 0 radical (unpaired) electrons. The lowest BCUT2D eigenvalue weighted by molar-refractivity contribution is 0.0918. The number of hydrogen-bond acceptors (Lipinski definition) is 4. The summed E-state index contributed by atoms with van der Waals surface area (Å²) in [4.78, 5) is 0. The highest BCUT2D eigenvalue weighted by atomic mass is 16.5. The summed E-state index contributed by atoms with van der Waals surface area (Å²) in [5.41, 5.74) is 6.58. The Hall–Kier alpha value is -1.26. The second-order valence-electron chi connectivity index (χ2n) is 3.60. The lowest BCUT2D eigenvalue weighted by Crippen LogP contribution is -2.18. The zero-order valence-corrected chi connectivity index (χ0v) is 10.0. The fraction of sp³-hybridized carbons (Fsp3) is 0.500. The van der Waals surface area contributed by atoms with Gasteiger partial charge in [0.05, 0.1) is 13.7 Å². The molecule has 0 aliphatic heterocycles. The molecule has 1 rings (SSSR count). The van der Waals surface area contributed by atoms with Crippen molar-refractivity contribution in [3.8, 4) is 11.5 Å². The van der Waals surface area contributed by atoms with Crippen molar-refractivity contribution >= 4 is 0 Å². The Morgan fingerprint density at radius 1 is 1.19 bits per heavy atom. The molecule has 0 fully saturated rings. The Balaban J connectivity index is 2.78. The number of hydrogen-bond donors (Lipinski definition) is 1. The van der Waals surface area contributed by atoms with Crippen LogP contribution in [0, 0.1) is 0 Å². The van der Waals surface area contributed by atoms with Crippen LogP contribution in [0.1, 0.15) is 12.5 Å². The van der Waals surface area contributed by atoms with Crippen LogP contribution in [0.5, 0.6) is 11.5 Å². The third-order valence-corrected chi connectivity index (χ3v) is 2.15. The molecule has 2 N–H and O–H groups in total. The highest BCUT2D eigenvalue weighted by Gasteiger charge is 2.06. The lowest BCUT2D eigenvalue weighted by atomic mass is 10.2. The van der Waals surface area contributed by atoms with Gasteiger partial charge in [0.15, 0.2) is 0 Å². The summed E-state index contributed by atoms with van der Waals surface area (Å²) in [6, 6.07) is 5.65. The van der Waals surface area contributed by atoms with Gasteiger partial charge in [-0.05, 0) is 24.6 Å². The summed E-state index contributed by atoms with van der Waals surface area (Å²) in [6.07, 6.45) is 0.00253. The molecule has 0 heterocycles. The first-order valence-electron chi connectivity index (χ1n) is 5.23. The normalized spacial score (nSPS) is 12.2. The van der Waals surface area contributed by atoms with Gasteiger partial charge in [-0.2, -0.15) is 0 Å². The predicted octanol–water partition coefficient (Wildman–Crippen LogP) is 1.57. The van der Waals surface area contributed by atoms with Gasteiger partial charge < -0.3 is 19.9 Å². The minimum absolute atomic E-state index is 0.00253. The number of benzene rings is 1. The van der Waals surface area contributed by atoms with Gasteiger partial charge in [0.2, 0.25) is 0 Å². The molecule has 0 bridgehead atoms. The van der Waals surface area contributed by atoms with E-state index in [0.717, 1.165) is 17.1 Å². The van der Waals surface area contributed by atoms with E-state index in [9.17, 15) is 0 Å². The third kappa shape index (κ3) is 3.72. The van der Waals surface area contributed by atoms with Crippen molar-refractivity contribution < 1.29 is 14.2 Å². The van der Waals surface area contributed by atoms with E-state index in [2.05, 4.69) is 0 Å². The van der Waals surface area contributed by atoms with Crippen molar-refractivity contribution in [2.45, 2.75) is 19.6 Å². The molecule has 0 saturated heterocycles. The van der Waals surface area contributed by atoms with Crippen LogP contribution in [0.3, 0.4) is 0 Å². The molecule has 0 saturated carbocycles. The maximum absolute atomic E-state index is 5.68. The Labute approximate surface area is 96.3 Å². The molecule has 0 aliphatic carbocycles. The Morgan fingerprint density at radius 2 is 1.88 bits per heavy atom. The van der Waals surface area contributed by atoms with Gasteiger partial charge in [-0.25, -0.2) is 0 Å². The molecule has 4 nitrogen and oxygen atoms in total. The zero-order chi connectivity index (χ0) is 12.0. The summed E-state index contributed by atoms with van der Waals surface area (Å²) in [5, 5.41) is 0. The fourth-order valence-electron chi connectivity index (χ4n) is 1.44. The second kappa shape index (κ2) is 6.35. The second-order valence-corrected chi connectivity index (χ2v) is 3.60. The van der Waals surface area contributed by atoms with Crippen LogP contribution in [0.4, 0.5) is 0 Å².